The van der Waals surface area contributed by atoms with Crippen molar-refractivity contribution in [3.05, 3.63) is 33.3 Å². The highest BCUT2D eigenvalue weighted by Gasteiger charge is 2.42. The zero-order valence-electron chi connectivity index (χ0n) is 11.7. The van der Waals surface area contributed by atoms with Crippen LogP contribution < -0.4 is 5.32 Å². The summed E-state index contributed by atoms with van der Waals surface area (Å²) in [7, 11) is 0. The van der Waals surface area contributed by atoms with Crippen LogP contribution in [0.3, 0.4) is 0 Å². The molecule has 1 aliphatic rings. The molecule has 0 saturated heterocycles. The molecule has 0 aromatic heterocycles. The van der Waals surface area contributed by atoms with Gasteiger partial charge in [-0.25, -0.2) is 4.79 Å². The SMILES string of the molecule is CC1CCC(NC(=O)c2ccc(Br)cc2Cl)(C(=O)O)CC1. The molecule has 1 aromatic rings. The minimum atomic E-state index is -1.18. The van der Waals surface area contributed by atoms with E-state index in [2.05, 4.69) is 28.2 Å². The lowest BCUT2D eigenvalue weighted by molar-refractivity contribution is -0.146. The minimum Gasteiger partial charge on any atom is -0.480 e. The Morgan fingerprint density at radius 1 is 1.38 bits per heavy atom. The number of halogens is 2. The van der Waals surface area contributed by atoms with Gasteiger partial charge in [0.1, 0.15) is 5.54 Å². The molecule has 1 aromatic carbocycles. The van der Waals surface area contributed by atoms with Gasteiger partial charge in [-0.3, -0.25) is 4.79 Å². The topological polar surface area (TPSA) is 66.4 Å². The molecule has 2 N–H and O–H groups in total. The van der Waals surface area contributed by atoms with Crippen molar-refractivity contribution in [2.24, 2.45) is 5.92 Å². The number of carboxylic acids is 1. The second kappa shape index (κ2) is 6.36. The lowest BCUT2D eigenvalue weighted by atomic mass is 9.77. The number of hydrogen-bond donors (Lipinski definition) is 2. The van der Waals surface area contributed by atoms with E-state index in [0.29, 0.717) is 29.3 Å². The molecular weight excluding hydrogens is 358 g/mol. The molecule has 21 heavy (non-hydrogen) atoms. The lowest BCUT2D eigenvalue weighted by Crippen LogP contribution is -2.56. The van der Waals surface area contributed by atoms with E-state index >= 15 is 0 Å². The number of rotatable bonds is 3. The Labute approximate surface area is 137 Å². The molecule has 1 aliphatic carbocycles. The van der Waals surface area contributed by atoms with Crippen molar-refractivity contribution in [1.29, 1.82) is 0 Å². The summed E-state index contributed by atoms with van der Waals surface area (Å²) >= 11 is 9.33. The molecule has 2 rings (SSSR count). The molecule has 6 heteroatoms. The maximum atomic E-state index is 12.4. The van der Waals surface area contributed by atoms with Gasteiger partial charge >= 0.3 is 5.97 Å². The van der Waals surface area contributed by atoms with Gasteiger partial charge in [-0.15, -0.1) is 0 Å². The van der Waals surface area contributed by atoms with Crippen molar-refractivity contribution in [3.8, 4) is 0 Å². The normalized spacial score (nSPS) is 25.4. The zero-order chi connectivity index (χ0) is 15.6. The number of amides is 1. The standard InChI is InChI=1S/C15H17BrClNO3/c1-9-4-6-15(7-5-9,14(20)21)18-13(19)11-3-2-10(16)8-12(11)17/h2-3,8-9H,4-7H2,1H3,(H,18,19)(H,20,21). The predicted molar refractivity (Wildman–Crippen MR) is 84.6 cm³/mol. The van der Waals surface area contributed by atoms with Crippen LogP contribution in [0.25, 0.3) is 0 Å². The van der Waals surface area contributed by atoms with E-state index in [-0.39, 0.29) is 0 Å². The molecule has 1 saturated carbocycles. The molecule has 114 valence electrons. The van der Waals surface area contributed by atoms with Gasteiger partial charge in [0.25, 0.3) is 5.91 Å². The zero-order valence-corrected chi connectivity index (χ0v) is 14.0. The van der Waals surface area contributed by atoms with E-state index in [1.54, 1.807) is 18.2 Å². The molecule has 4 nitrogen and oxygen atoms in total. The fourth-order valence-corrected chi connectivity index (χ4v) is 3.36. The van der Waals surface area contributed by atoms with Crippen LogP contribution in [0, 0.1) is 5.92 Å². The highest BCUT2D eigenvalue weighted by Crippen LogP contribution is 2.33. The smallest absolute Gasteiger partial charge is 0.329 e. The Hall–Kier alpha value is -1.07. The van der Waals surface area contributed by atoms with Crippen molar-refractivity contribution >= 4 is 39.4 Å². The van der Waals surface area contributed by atoms with E-state index in [1.165, 1.54) is 0 Å². The summed E-state index contributed by atoms with van der Waals surface area (Å²) in [6.07, 6.45) is 2.48. The number of carbonyl (C=O) groups excluding carboxylic acids is 1. The predicted octanol–water partition coefficient (Wildman–Crippen LogP) is 3.87. The quantitative estimate of drug-likeness (QED) is 0.844. The van der Waals surface area contributed by atoms with Gasteiger partial charge in [0, 0.05) is 4.47 Å². The summed E-state index contributed by atoms with van der Waals surface area (Å²) in [6.45, 7) is 2.10. The number of carbonyl (C=O) groups is 2. The fourth-order valence-electron chi connectivity index (χ4n) is 2.61. The third-order valence-electron chi connectivity index (χ3n) is 4.07. The third kappa shape index (κ3) is 3.58. The van der Waals surface area contributed by atoms with Crippen LogP contribution >= 0.6 is 27.5 Å². The number of carboxylic acid groups (broad SMARTS) is 1. The van der Waals surface area contributed by atoms with Crippen molar-refractivity contribution < 1.29 is 14.7 Å². The van der Waals surface area contributed by atoms with Gasteiger partial charge in [0.15, 0.2) is 0 Å². The second-order valence-corrected chi connectivity index (χ2v) is 6.97. The summed E-state index contributed by atoms with van der Waals surface area (Å²) in [5.74, 6) is -0.925. The molecule has 0 radical (unpaired) electrons. The second-order valence-electron chi connectivity index (χ2n) is 5.65. The minimum absolute atomic E-state index is 0.291. The van der Waals surface area contributed by atoms with Crippen molar-refractivity contribution in [3.63, 3.8) is 0 Å². The summed E-state index contributed by atoms with van der Waals surface area (Å²) in [5.41, 5.74) is -0.890. The summed E-state index contributed by atoms with van der Waals surface area (Å²) in [4.78, 5) is 24.0. The Morgan fingerprint density at radius 3 is 2.52 bits per heavy atom. The van der Waals surface area contributed by atoms with E-state index < -0.39 is 17.4 Å². The maximum absolute atomic E-state index is 12.4. The van der Waals surface area contributed by atoms with Crippen LogP contribution in [-0.2, 0) is 4.79 Å². The molecule has 0 bridgehead atoms. The van der Waals surface area contributed by atoms with E-state index in [9.17, 15) is 14.7 Å². The first-order valence-electron chi connectivity index (χ1n) is 6.85. The van der Waals surface area contributed by atoms with Gasteiger partial charge in [-0.1, -0.05) is 34.5 Å². The average molecular weight is 375 g/mol. The first-order chi connectivity index (χ1) is 9.84. The van der Waals surface area contributed by atoms with Crippen LogP contribution in [0.4, 0.5) is 0 Å². The number of benzene rings is 1. The van der Waals surface area contributed by atoms with Gasteiger partial charge in [0.05, 0.1) is 10.6 Å². The molecular formula is C15H17BrClNO3. The first kappa shape index (κ1) is 16.3. The Bertz CT molecular complexity index is 568. The van der Waals surface area contributed by atoms with Crippen LogP contribution in [0.15, 0.2) is 22.7 Å². The maximum Gasteiger partial charge on any atom is 0.329 e. The largest absolute Gasteiger partial charge is 0.480 e. The lowest BCUT2D eigenvalue weighted by Gasteiger charge is -2.36. The number of nitrogens with one attached hydrogen (secondary N) is 1. The van der Waals surface area contributed by atoms with Crippen molar-refractivity contribution in [2.45, 2.75) is 38.1 Å². The highest BCUT2D eigenvalue weighted by atomic mass is 79.9. The van der Waals surface area contributed by atoms with Crippen LogP contribution in [0.2, 0.25) is 5.02 Å². The van der Waals surface area contributed by atoms with E-state index in [4.69, 9.17) is 11.6 Å². The first-order valence-corrected chi connectivity index (χ1v) is 8.02. The Balaban J connectivity index is 2.21. The summed E-state index contributed by atoms with van der Waals surface area (Å²) in [6, 6.07) is 4.91. The Kier molecular flexibility index (Phi) is 4.94. The number of hydrogen-bond acceptors (Lipinski definition) is 2. The van der Waals surface area contributed by atoms with E-state index in [0.717, 1.165) is 17.3 Å². The molecule has 1 amide bonds. The summed E-state index contributed by atoms with van der Waals surface area (Å²) < 4.78 is 0.767. The Morgan fingerprint density at radius 2 is 2.00 bits per heavy atom. The van der Waals surface area contributed by atoms with Crippen LogP contribution in [0.5, 0.6) is 0 Å². The van der Waals surface area contributed by atoms with Crippen molar-refractivity contribution in [2.75, 3.05) is 0 Å². The fraction of sp³-hybridized carbons (Fsp3) is 0.467. The van der Waals surface area contributed by atoms with E-state index in [1.807, 2.05) is 0 Å². The molecule has 0 spiro atoms. The number of aliphatic carboxylic acids is 1. The third-order valence-corrected chi connectivity index (χ3v) is 4.87. The molecule has 0 atom stereocenters. The average Bonchev–Trinajstić information content (AvgIpc) is 2.41. The molecule has 0 unspecified atom stereocenters. The molecule has 0 heterocycles. The van der Waals surface area contributed by atoms with Gasteiger partial charge in [-0.05, 0) is 49.8 Å². The van der Waals surface area contributed by atoms with Crippen LogP contribution in [0.1, 0.15) is 43.0 Å². The molecule has 0 aliphatic heterocycles. The highest BCUT2D eigenvalue weighted by molar-refractivity contribution is 9.10. The van der Waals surface area contributed by atoms with Gasteiger partial charge < -0.3 is 10.4 Å². The molecule has 1 fully saturated rings. The van der Waals surface area contributed by atoms with Gasteiger partial charge in [-0.2, -0.15) is 0 Å². The monoisotopic (exact) mass is 373 g/mol. The van der Waals surface area contributed by atoms with Crippen LogP contribution in [-0.4, -0.2) is 22.5 Å². The van der Waals surface area contributed by atoms with Gasteiger partial charge in [0.2, 0.25) is 0 Å². The van der Waals surface area contributed by atoms with Crippen molar-refractivity contribution in [1.82, 2.24) is 5.32 Å². The summed E-state index contributed by atoms with van der Waals surface area (Å²) in [5, 5.41) is 12.5.